The molecule has 0 saturated carbocycles. The molecule has 0 fully saturated rings. The topological polar surface area (TPSA) is 51.3 Å². The van der Waals surface area contributed by atoms with E-state index in [4.69, 9.17) is 10.7 Å². The number of nitrogens with two attached hydrogens (primary N) is 1. The maximum Gasteiger partial charge on any atom is 0.0698 e. The number of aromatic nitrogens is 1. The van der Waals surface area contributed by atoms with Gasteiger partial charge >= 0.3 is 0 Å². The van der Waals surface area contributed by atoms with Gasteiger partial charge in [-0.2, -0.15) is 0 Å². The summed E-state index contributed by atoms with van der Waals surface area (Å²) in [7, 11) is 0. The summed E-state index contributed by atoms with van der Waals surface area (Å²) in [6.07, 6.45) is 3.60. The summed E-state index contributed by atoms with van der Waals surface area (Å²) in [6.45, 7) is 10.3. The van der Waals surface area contributed by atoms with Gasteiger partial charge in [0.1, 0.15) is 0 Å². The predicted octanol–water partition coefficient (Wildman–Crippen LogP) is 4.04. The molecular weight excluding hydrogens is 246 g/mol. The average molecular weight is 267 g/mol. The molecule has 0 unspecified atom stereocenters. The Morgan fingerprint density at radius 2 is 1.65 bits per heavy atom. The van der Waals surface area contributed by atoms with E-state index in [0.29, 0.717) is 0 Å². The zero-order chi connectivity index (χ0) is 14.9. The van der Waals surface area contributed by atoms with E-state index in [9.17, 15) is 0 Å². The van der Waals surface area contributed by atoms with E-state index in [0.717, 1.165) is 44.9 Å². The zero-order valence-corrected chi connectivity index (χ0v) is 12.8. The Labute approximate surface area is 120 Å². The molecule has 0 aliphatic heterocycles. The highest BCUT2D eigenvalue weighted by Gasteiger charge is 2.12. The van der Waals surface area contributed by atoms with Crippen molar-refractivity contribution in [3.63, 3.8) is 0 Å². The minimum atomic E-state index is 0.873. The van der Waals surface area contributed by atoms with E-state index in [1.54, 1.807) is 6.20 Å². The Hall–Kier alpha value is -2.16. The van der Waals surface area contributed by atoms with Crippen LogP contribution in [0.25, 0.3) is 0 Å². The lowest BCUT2D eigenvalue weighted by molar-refractivity contribution is 1.22. The largest absolute Gasteiger partial charge is 0.398 e. The van der Waals surface area contributed by atoms with Gasteiger partial charge in [0.2, 0.25) is 0 Å². The first-order valence-corrected chi connectivity index (χ1v) is 6.75. The smallest absolute Gasteiger partial charge is 0.0698 e. The van der Waals surface area contributed by atoms with Gasteiger partial charge < -0.3 is 5.73 Å². The monoisotopic (exact) mass is 267 g/mol. The summed E-state index contributed by atoms with van der Waals surface area (Å²) in [6, 6.07) is 3.95. The van der Waals surface area contributed by atoms with Crippen LogP contribution >= 0.6 is 0 Å². The molecule has 0 aliphatic carbocycles. The van der Waals surface area contributed by atoms with Crippen LogP contribution in [0.2, 0.25) is 0 Å². The molecule has 2 N–H and O–H groups in total. The van der Waals surface area contributed by atoms with Crippen molar-refractivity contribution < 1.29 is 0 Å². The fourth-order valence-electron chi connectivity index (χ4n) is 2.30. The number of hydrogen-bond donors (Lipinski definition) is 1. The Kier molecular flexibility index (Phi) is 3.89. The molecule has 0 atom stereocenters. The lowest BCUT2D eigenvalue weighted by Crippen LogP contribution is -2.01. The molecule has 3 nitrogen and oxygen atoms in total. The normalized spacial score (nSPS) is 11.8. The Morgan fingerprint density at radius 3 is 2.15 bits per heavy atom. The third kappa shape index (κ3) is 2.44. The molecular formula is C17H21N3. The lowest BCUT2D eigenvalue weighted by atomic mass is 9.96. The minimum Gasteiger partial charge on any atom is -0.398 e. The second-order valence-electron chi connectivity index (χ2n) is 5.20. The Morgan fingerprint density at radius 1 is 1.05 bits per heavy atom. The molecule has 0 aliphatic rings. The van der Waals surface area contributed by atoms with Gasteiger partial charge in [0.15, 0.2) is 0 Å². The number of nitrogens with zero attached hydrogens (tertiary/aromatic N) is 2. The fourth-order valence-corrected chi connectivity index (χ4v) is 2.30. The summed E-state index contributed by atoms with van der Waals surface area (Å²) in [5.74, 6) is 0. The van der Waals surface area contributed by atoms with Crippen LogP contribution < -0.4 is 5.73 Å². The number of pyridine rings is 1. The van der Waals surface area contributed by atoms with Gasteiger partial charge in [-0.05, 0) is 62.9 Å². The first kappa shape index (κ1) is 14.3. The third-order valence-electron chi connectivity index (χ3n) is 4.00. The van der Waals surface area contributed by atoms with Crippen LogP contribution in [0.15, 0.2) is 29.5 Å². The molecule has 104 valence electrons. The summed E-state index contributed by atoms with van der Waals surface area (Å²) >= 11 is 0. The minimum absolute atomic E-state index is 0.873. The number of benzene rings is 1. The van der Waals surface area contributed by atoms with Crippen LogP contribution in [-0.4, -0.2) is 10.7 Å². The van der Waals surface area contributed by atoms with Crippen molar-refractivity contribution in [1.82, 2.24) is 4.98 Å². The fraction of sp³-hybridized carbons (Fsp3) is 0.294. The van der Waals surface area contributed by atoms with Crippen molar-refractivity contribution in [2.75, 3.05) is 5.73 Å². The van der Waals surface area contributed by atoms with E-state index < -0.39 is 0 Å². The van der Waals surface area contributed by atoms with E-state index >= 15 is 0 Å². The van der Waals surface area contributed by atoms with Gasteiger partial charge in [-0.3, -0.25) is 9.98 Å². The molecule has 0 radical (unpaired) electrons. The van der Waals surface area contributed by atoms with Crippen molar-refractivity contribution >= 4 is 17.1 Å². The van der Waals surface area contributed by atoms with Gasteiger partial charge in [-0.15, -0.1) is 0 Å². The number of rotatable bonds is 2. The molecule has 0 saturated heterocycles. The summed E-state index contributed by atoms with van der Waals surface area (Å²) < 4.78 is 0. The van der Waals surface area contributed by atoms with Crippen molar-refractivity contribution in [3.05, 3.63) is 52.3 Å². The number of nitrogen functional groups attached to an aromatic ring is 1. The van der Waals surface area contributed by atoms with Gasteiger partial charge in [0, 0.05) is 29.4 Å². The van der Waals surface area contributed by atoms with Gasteiger partial charge in [-0.1, -0.05) is 6.07 Å². The van der Waals surface area contributed by atoms with Crippen LogP contribution in [0.3, 0.4) is 0 Å². The van der Waals surface area contributed by atoms with Gasteiger partial charge in [0.25, 0.3) is 0 Å². The van der Waals surface area contributed by atoms with E-state index in [1.165, 1.54) is 0 Å². The van der Waals surface area contributed by atoms with Gasteiger partial charge in [-0.25, -0.2) is 0 Å². The molecule has 2 aromatic rings. The molecule has 20 heavy (non-hydrogen) atoms. The number of aliphatic imine (C=N–C) groups is 1. The highest BCUT2D eigenvalue weighted by Crippen LogP contribution is 2.34. The summed E-state index contributed by atoms with van der Waals surface area (Å²) in [5, 5.41) is 0. The Bertz CT molecular complexity index is 641. The summed E-state index contributed by atoms with van der Waals surface area (Å²) in [4.78, 5) is 8.95. The quantitative estimate of drug-likeness (QED) is 0.659. The van der Waals surface area contributed by atoms with Crippen LogP contribution in [0.4, 0.5) is 11.4 Å². The second-order valence-corrected chi connectivity index (χ2v) is 5.20. The lowest BCUT2D eigenvalue weighted by Gasteiger charge is -2.16. The second kappa shape index (κ2) is 5.45. The molecule has 0 bridgehead atoms. The average Bonchev–Trinajstić information content (AvgIpc) is 2.48. The van der Waals surface area contributed by atoms with Crippen LogP contribution in [0.5, 0.6) is 0 Å². The molecule has 2 rings (SSSR count). The first-order chi connectivity index (χ1) is 9.43. The SMILES string of the molecule is CC(=Nc1c(C)c(C)c(N)c(C)c1C)c1cccnc1. The van der Waals surface area contributed by atoms with Gasteiger partial charge in [0.05, 0.1) is 5.69 Å². The van der Waals surface area contributed by atoms with Crippen molar-refractivity contribution in [1.29, 1.82) is 0 Å². The van der Waals surface area contributed by atoms with Crippen LogP contribution in [-0.2, 0) is 0 Å². The van der Waals surface area contributed by atoms with E-state index in [1.807, 2.05) is 25.3 Å². The maximum atomic E-state index is 6.14. The highest BCUT2D eigenvalue weighted by atomic mass is 14.8. The van der Waals surface area contributed by atoms with Crippen LogP contribution in [0.1, 0.15) is 34.7 Å². The standard InChI is InChI=1S/C17H21N3/c1-10-12(3)17(13(4)11(2)16(10)18)20-14(5)15-7-6-8-19-9-15/h6-9H,18H2,1-5H3. The van der Waals surface area contributed by atoms with Crippen molar-refractivity contribution in [2.45, 2.75) is 34.6 Å². The zero-order valence-electron chi connectivity index (χ0n) is 12.8. The first-order valence-electron chi connectivity index (χ1n) is 6.75. The van der Waals surface area contributed by atoms with E-state index in [2.05, 4.69) is 32.7 Å². The number of anilines is 1. The maximum absolute atomic E-state index is 6.14. The molecule has 1 aromatic carbocycles. The van der Waals surface area contributed by atoms with Crippen molar-refractivity contribution in [3.8, 4) is 0 Å². The highest BCUT2D eigenvalue weighted by molar-refractivity contribution is 6.00. The predicted molar refractivity (Wildman–Crippen MR) is 85.9 cm³/mol. The molecule has 0 amide bonds. The van der Waals surface area contributed by atoms with E-state index in [-0.39, 0.29) is 0 Å². The molecule has 1 heterocycles. The third-order valence-corrected chi connectivity index (χ3v) is 4.00. The summed E-state index contributed by atoms with van der Waals surface area (Å²) in [5.41, 5.74) is 14.6. The molecule has 1 aromatic heterocycles. The van der Waals surface area contributed by atoms with Crippen LogP contribution in [0, 0.1) is 27.7 Å². The number of hydrogen-bond acceptors (Lipinski definition) is 3. The Balaban J connectivity index is 2.60. The molecule has 0 spiro atoms. The van der Waals surface area contributed by atoms with Crippen molar-refractivity contribution in [2.24, 2.45) is 4.99 Å². The molecule has 3 heteroatoms.